The Morgan fingerprint density at radius 3 is 1.82 bits per heavy atom. The van der Waals surface area contributed by atoms with Crippen LogP contribution in [0.2, 0.25) is 6.04 Å². The first-order chi connectivity index (χ1) is 7.89. The average Bonchev–Trinajstić information content (AvgIpc) is 2.32. The van der Waals surface area contributed by atoms with Gasteiger partial charge in [-0.05, 0) is 17.0 Å². The van der Waals surface area contributed by atoms with Gasteiger partial charge in [0.15, 0.2) is 0 Å². The molecule has 1 heteroatoms. The summed E-state index contributed by atoms with van der Waals surface area (Å²) in [6.07, 6.45) is 0. The fourth-order valence-corrected chi connectivity index (χ4v) is 4.50. The fourth-order valence-electron chi connectivity index (χ4n) is 2.09. The van der Waals surface area contributed by atoms with Crippen LogP contribution in [0.3, 0.4) is 0 Å². The third-order valence-corrected chi connectivity index (χ3v) is 7.64. The zero-order valence-corrected chi connectivity index (χ0v) is 12.6. The van der Waals surface area contributed by atoms with E-state index in [4.69, 9.17) is 0 Å². The zero-order chi connectivity index (χ0) is 13.1. The molecule has 0 unspecified atom stereocenters. The quantitative estimate of drug-likeness (QED) is 0.699. The van der Waals surface area contributed by atoms with Crippen molar-refractivity contribution in [3.8, 4) is 0 Å². The molecule has 0 nitrogen and oxygen atoms in total. The van der Waals surface area contributed by atoms with Crippen LogP contribution in [0.1, 0.15) is 33.3 Å². The summed E-state index contributed by atoms with van der Waals surface area (Å²) < 4.78 is 0. The molecule has 0 atom stereocenters. The molecule has 0 heterocycles. The van der Waals surface area contributed by atoms with E-state index in [0.717, 1.165) is 6.04 Å². The van der Waals surface area contributed by atoms with Crippen molar-refractivity contribution >= 4 is 13.3 Å². The van der Waals surface area contributed by atoms with Crippen LogP contribution in [0, 0.1) is 0 Å². The molecular weight excluding hydrogens is 220 g/mol. The number of rotatable bonds is 4. The van der Waals surface area contributed by atoms with Crippen LogP contribution in [0.25, 0.3) is 0 Å². The second-order valence-corrected chi connectivity index (χ2v) is 9.81. The lowest BCUT2D eigenvalue weighted by Crippen LogP contribution is -2.43. The molecule has 0 aliphatic rings. The van der Waals surface area contributed by atoms with Crippen LogP contribution in [0.4, 0.5) is 0 Å². The van der Waals surface area contributed by atoms with E-state index >= 15 is 0 Å². The molecule has 0 N–H and O–H groups in total. The van der Waals surface area contributed by atoms with Crippen molar-refractivity contribution in [2.24, 2.45) is 0 Å². The highest BCUT2D eigenvalue weighted by atomic mass is 28.3. The summed E-state index contributed by atoms with van der Waals surface area (Å²) in [5.41, 5.74) is 5.86. The Labute approximate surface area is 107 Å². The Kier molecular flexibility index (Phi) is 4.15. The molecule has 0 spiro atoms. The van der Waals surface area contributed by atoms with Crippen molar-refractivity contribution in [1.82, 2.24) is 0 Å². The minimum Gasteiger partial charge on any atom is -0.106 e. The van der Waals surface area contributed by atoms with Gasteiger partial charge in [-0.2, -0.15) is 0 Å². The van der Waals surface area contributed by atoms with Crippen molar-refractivity contribution in [1.29, 1.82) is 0 Å². The second-order valence-electron chi connectivity index (χ2n) is 5.63. The maximum atomic E-state index is 4.01. The number of hydrogen-bond donors (Lipinski definition) is 0. The van der Waals surface area contributed by atoms with E-state index < -0.39 is 8.07 Å². The topological polar surface area (TPSA) is 0 Å². The van der Waals surface area contributed by atoms with E-state index in [9.17, 15) is 0 Å². The zero-order valence-electron chi connectivity index (χ0n) is 11.6. The van der Waals surface area contributed by atoms with E-state index in [0.29, 0.717) is 0 Å². The Morgan fingerprint density at radius 1 is 1.06 bits per heavy atom. The highest BCUT2D eigenvalue weighted by Crippen LogP contribution is 2.22. The van der Waals surface area contributed by atoms with Gasteiger partial charge in [-0.1, -0.05) is 68.5 Å². The third kappa shape index (κ3) is 2.78. The molecule has 0 radical (unpaired) electrons. The van der Waals surface area contributed by atoms with Crippen LogP contribution in [-0.4, -0.2) is 8.07 Å². The first kappa shape index (κ1) is 14.0. The Morgan fingerprint density at radius 2 is 1.53 bits per heavy atom. The molecule has 0 fully saturated rings. The molecule has 1 aromatic rings. The molecule has 0 aliphatic heterocycles. The van der Waals surface area contributed by atoms with Gasteiger partial charge < -0.3 is 0 Å². The van der Waals surface area contributed by atoms with Crippen molar-refractivity contribution in [3.63, 3.8) is 0 Å². The van der Waals surface area contributed by atoms with Crippen LogP contribution in [0.15, 0.2) is 48.8 Å². The largest absolute Gasteiger partial charge is 0.132 e. The lowest BCUT2D eigenvalue weighted by Gasteiger charge is -2.25. The van der Waals surface area contributed by atoms with E-state index in [1.807, 2.05) is 0 Å². The predicted octanol–water partition coefficient (Wildman–Crippen LogP) is 4.11. The summed E-state index contributed by atoms with van der Waals surface area (Å²) in [4.78, 5) is 0. The Balaban J connectivity index is 3.18. The summed E-state index contributed by atoms with van der Waals surface area (Å²) in [5.74, 6) is 0. The van der Waals surface area contributed by atoms with E-state index in [2.05, 4.69) is 76.5 Å². The molecule has 92 valence electrons. The normalized spacial score (nSPS) is 12.2. The highest BCUT2D eigenvalue weighted by molar-refractivity contribution is 6.99. The van der Waals surface area contributed by atoms with Gasteiger partial charge in [0.1, 0.15) is 8.07 Å². The monoisotopic (exact) mass is 244 g/mol. The molecule has 1 aromatic carbocycles. The van der Waals surface area contributed by atoms with Crippen LogP contribution in [-0.2, 0) is 5.41 Å². The van der Waals surface area contributed by atoms with Gasteiger partial charge in [-0.25, -0.2) is 0 Å². The minimum atomic E-state index is -1.65. The average molecular weight is 244 g/mol. The van der Waals surface area contributed by atoms with Gasteiger partial charge in [-0.3, -0.25) is 0 Å². The van der Waals surface area contributed by atoms with Gasteiger partial charge in [-0.15, -0.1) is 13.2 Å². The lowest BCUT2D eigenvalue weighted by molar-refractivity contribution is 0.590. The van der Waals surface area contributed by atoms with Crippen molar-refractivity contribution in [3.05, 3.63) is 54.4 Å². The summed E-state index contributed by atoms with van der Waals surface area (Å²) in [6.45, 7) is 17.0. The standard InChI is InChI=1S/C16H24Si/c1-7-17(8-2,9-3)15-12-10-14(11-13-15)16(4,5)6/h7-8,10-13H,1-2,9H2,3-6H3. The molecule has 0 amide bonds. The van der Waals surface area contributed by atoms with Gasteiger partial charge in [0.25, 0.3) is 0 Å². The van der Waals surface area contributed by atoms with Crippen molar-refractivity contribution in [2.75, 3.05) is 0 Å². The number of benzene rings is 1. The summed E-state index contributed by atoms with van der Waals surface area (Å²) in [7, 11) is -1.65. The van der Waals surface area contributed by atoms with E-state index in [1.54, 1.807) is 0 Å². The minimum absolute atomic E-state index is 0.220. The highest BCUT2D eigenvalue weighted by Gasteiger charge is 2.26. The summed E-state index contributed by atoms with van der Waals surface area (Å²) in [6, 6.07) is 10.2. The van der Waals surface area contributed by atoms with Crippen molar-refractivity contribution in [2.45, 2.75) is 39.2 Å². The summed E-state index contributed by atoms with van der Waals surface area (Å²) in [5, 5.41) is 1.41. The third-order valence-electron chi connectivity index (χ3n) is 3.60. The van der Waals surface area contributed by atoms with E-state index in [1.165, 1.54) is 10.8 Å². The molecule has 0 saturated carbocycles. The van der Waals surface area contributed by atoms with E-state index in [-0.39, 0.29) is 5.41 Å². The lowest BCUT2D eigenvalue weighted by atomic mass is 9.87. The van der Waals surface area contributed by atoms with Gasteiger partial charge in [0.2, 0.25) is 0 Å². The first-order valence-corrected chi connectivity index (χ1v) is 8.64. The smallest absolute Gasteiger partial charge is 0.106 e. The second kappa shape index (κ2) is 5.05. The Hall–Kier alpha value is -1.08. The van der Waals surface area contributed by atoms with Crippen molar-refractivity contribution < 1.29 is 0 Å². The van der Waals surface area contributed by atoms with Crippen LogP contribution >= 0.6 is 0 Å². The first-order valence-electron chi connectivity index (χ1n) is 6.28. The molecule has 17 heavy (non-hydrogen) atoms. The fraction of sp³-hybridized carbons (Fsp3) is 0.375. The molecule has 0 bridgehead atoms. The molecule has 0 saturated heterocycles. The number of hydrogen-bond acceptors (Lipinski definition) is 0. The predicted molar refractivity (Wildman–Crippen MR) is 81.4 cm³/mol. The maximum absolute atomic E-state index is 4.01. The Bertz CT molecular complexity index is 385. The molecule has 1 rings (SSSR count). The van der Waals surface area contributed by atoms with Gasteiger partial charge >= 0.3 is 0 Å². The van der Waals surface area contributed by atoms with Crippen LogP contribution in [0.5, 0.6) is 0 Å². The molecule has 0 aromatic heterocycles. The SMILES string of the molecule is C=C[Si](C=C)(CC)c1ccc(C(C)(C)C)cc1. The van der Waals surface area contributed by atoms with Crippen LogP contribution < -0.4 is 5.19 Å². The summed E-state index contributed by atoms with van der Waals surface area (Å²) >= 11 is 0. The molecule has 0 aliphatic carbocycles. The maximum Gasteiger partial charge on any atom is 0.132 e. The van der Waals surface area contributed by atoms with Gasteiger partial charge in [0.05, 0.1) is 0 Å². The van der Waals surface area contributed by atoms with Gasteiger partial charge in [0, 0.05) is 0 Å². The molecular formula is C16H24Si.